The van der Waals surface area contributed by atoms with Gasteiger partial charge in [0.15, 0.2) is 11.5 Å². The van der Waals surface area contributed by atoms with Crippen molar-refractivity contribution in [3.63, 3.8) is 0 Å². The third-order valence-corrected chi connectivity index (χ3v) is 5.23. The van der Waals surface area contributed by atoms with Crippen molar-refractivity contribution in [3.05, 3.63) is 66.2 Å². The molecule has 3 heterocycles. The molecule has 0 saturated carbocycles. The van der Waals surface area contributed by atoms with Crippen LogP contribution in [-0.2, 0) is 6.54 Å². The Morgan fingerprint density at radius 2 is 1.69 bits per heavy atom. The molecule has 0 saturated heterocycles. The first-order chi connectivity index (χ1) is 15.7. The number of hydrogen-bond acceptors (Lipinski definition) is 6. The summed E-state index contributed by atoms with van der Waals surface area (Å²) in [7, 11) is 3.15. The number of benzene rings is 2. The van der Waals surface area contributed by atoms with Gasteiger partial charge in [-0.15, -0.1) is 0 Å². The number of amides is 1. The van der Waals surface area contributed by atoms with Gasteiger partial charge < -0.3 is 19.9 Å². The SMILES string of the molecule is COc1ccc(CNC(=O)c2nc3cc4[nH][nH]c(-c5ccncc5)c4cc3n2)cc1OC. The fraction of sp³-hybridized carbons (Fsp3) is 0.130. The maximum absolute atomic E-state index is 12.7. The van der Waals surface area contributed by atoms with Crippen LogP contribution >= 0.6 is 0 Å². The summed E-state index contributed by atoms with van der Waals surface area (Å²) in [5.41, 5.74) is 4.96. The topological polar surface area (TPSA) is 118 Å². The van der Waals surface area contributed by atoms with Crippen molar-refractivity contribution < 1.29 is 14.3 Å². The van der Waals surface area contributed by atoms with Crippen molar-refractivity contribution in [2.45, 2.75) is 6.54 Å². The van der Waals surface area contributed by atoms with E-state index in [2.05, 4.69) is 30.5 Å². The number of nitrogens with one attached hydrogen (secondary N) is 3. The highest BCUT2D eigenvalue weighted by Crippen LogP contribution is 2.29. The normalized spacial score (nSPS) is 11.1. The van der Waals surface area contributed by atoms with E-state index >= 15 is 0 Å². The summed E-state index contributed by atoms with van der Waals surface area (Å²) in [4.78, 5) is 25.6. The Morgan fingerprint density at radius 3 is 2.44 bits per heavy atom. The number of pyridine rings is 1. The van der Waals surface area contributed by atoms with Crippen molar-refractivity contribution >= 4 is 27.8 Å². The van der Waals surface area contributed by atoms with E-state index in [4.69, 9.17) is 9.47 Å². The van der Waals surface area contributed by atoms with E-state index in [1.165, 1.54) is 0 Å². The van der Waals surface area contributed by atoms with Gasteiger partial charge in [0, 0.05) is 29.9 Å². The van der Waals surface area contributed by atoms with E-state index < -0.39 is 0 Å². The summed E-state index contributed by atoms with van der Waals surface area (Å²) < 4.78 is 10.6. The number of fused-ring (bicyclic) bond motifs is 2. The summed E-state index contributed by atoms with van der Waals surface area (Å²) in [6.45, 7) is 0.312. The number of rotatable bonds is 6. The molecule has 0 spiro atoms. The molecule has 32 heavy (non-hydrogen) atoms. The summed E-state index contributed by atoms with van der Waals surface area (Å²) >= 11 is 0. The Hall–Kier alpha value is -4.40. The lowest BCUT2D eigenvalue weighted by Crippen LogP contribution is -2.23. The second kappa shape index (κ2) is 8.03. The van der Waals surface area contributed by atoms with Gasteiger partial charge in [0.1, 0.15) is 0 Å². The van der Waals surface area contributed by atoms with Gasteiger partial charge >= 0.3 is 0 Å². The minimum atomic E-state index is -0.347. The van der Waals surface area contributed by atoms with E-state index in [9.17, 15) is 4.79 Å². The predicted octanol–water partition coefficient (Wildman–Crippen LogP) is 3.45. The molecular weight excluding hydrogens is 408 g/mol. The zero-order valence-electron chi connectivity index (χ0n) is 17.5. The van der Waals surface area contributed by atoms with E-state index in [-0.39, 0.29) is 11.7 Å². The number of hydrogen-bond donors (Lipinski definition) is 3. The number of nitrogens with zero attached hydrogens (tertiary/aromatic N) is 3. The lowest BCUT2D eigenvalue weighted by atomic mass is 10.1. The van der Waals surface area contributed by atoms with Crippen molar-refractivity contribution in [1.82, 2.24) is 30.5 Å². The first-order valence-corrected chi connectivity index (χ1v) is 9.93. The predicted molar refractivity (Wildman–Crippen MR) is 120 cm³/mol. The van der Waals surface area contributed by atoms with Crippen LogP contribution in [0.15, 0.2) is 54.9 Å². The molecule has 0 aliphatic carbocycles. The summed E-state index contributed by atoms with van der Waals surface area (Å²) in [6, 6.07) is 13.1. The highest BCUT2D eigenvalue weighted by molar-refractivity contribution is 6.02. The fourth-order valence-electron chi connectivity index (χ4n) is 3.62. The van der Waals surface area contributed by atoms with Crippen LogP contribution in [0.3, 0.4) is 0 Å². The van der Waals surface area contributed by atoms with Gasteiger partial charge in [-0.3, -0.25) is 14.9 Å². The zero-order valence-corrected chi connectivity index (χ0v) is 17.5. The molecular formula is C23H20N6O3. The number of H-pyrrole nitrogens is 2. The molecule has 0 radical (unpaired) electrons. The van der Waals surface area contributed by atoms with Gasteiger partial charge in [-0.1, -0.05) is 6.07 Å². The van der Waals surface area contributed by atoms with Gasteiger partial charge in [0.05, 0.1) is 36.5 Å². The Balaban J connectivity index is 1.39. The summed E-state index contributed by atoms with van der Waals surface area (Å²) in [5, 5.41) is 10.1. The fourth-order valence-corrected chi connectivity index (χ4v) is 3.62. The molecule has 0 fully saturated rings. The van der Waals surface area contributed by atoms with Crippen molar-refractivity contribution in [1.29, 1.82) is 0 Å². The van der Waals surface area contributed by atoms with E-state index in [0.717, 1.165) is 27.7 Å². The maximum atomic E-state index is 12.7. The molecule has 0 unspecified atom stereocenters. The van der Waals surface area contributed by atoms with Crippen molar-refractivity contribution in [2.24, 2.45) is 0 Å². The lowest BCUT2D eigenvalue weighted by molar-refractivity contribution is 0.0941. The van der Waals surface area contributed by atoms with Crippen molar-refractivity contribution in [3.8, 4) is 22.8 Å². The van der Waals surface area contributed by atoms with Gasteiger partial charge in [-0.25, -0.2) is 9.97 Å². The van der Waals surface area contributed by atoms with Crippen LogP contribution in [0.4, 0.5) is 0 Å². The Kier molecular flexibility index (Phi) is 4.91. The monoisotopic (exact) mass is 428 g/mol. The molecule has 0 bridgehead atoms. The zero-order chi connectivity index (χ0) is 22.1. The molecule has 0 aliphatic heterocycles. The highest BCUT2D eigenvalue weighted by Gasteiger charge is 2.16. The number of aromatic amines is 2. The Labute approximate surface area is 182 Å². The van der Waals surface area contributed by atoms with Gasteiger partial charge in [0.2, 0.25) is 5.82 Å². The molecule has 3 N–H and O–H groups in total. The number of methoxy groups -OCH3 is 2. The summed E-state index contributed by atoms with van der Waals surface area (Å²) in [6.07, 6.45) is 3.48. The third-order valence-electron chi connectivity index (χ3n) is 5.23. The molecule has 160 valence electrons. The minimum Gasteiger partial charge on any atom is -0.493 e. The average molecular weight is 428 g/mol. The second-order valence-corrected chi connectivity index (χ2v) is 7.17. The van der Waals surface area contributed by atoms with Crippen LogP contribution in [0.25, 0.3) is 33.2 Å². The van der Waals surface area contributed by atoms with Crippen LogP contribution < -0.4 is 14.8 Å². The van der Waals surface area contributed by atoms with Crippen molar-refractivity contribution in [2.75, 3.05) is 14.2 Å². The van der Waals surface area contributed by atoms with Crippen LogP contribution in [-0.4, -0.2) is 45.3 Å². The van der Waals surface area contributed by atoms with Crippen LogP contribution in [0.1, 0.15) is 16.2 Å². The molecule has 5 rings (SSSR count). The molecule has 5 aromatic rings. The number of carbonyl (C=O) groups excluding carboxylic acids is 1. The van der Waals surface area contributed by atoms with Crippen LogP contribution in [0, 0.1) is 0 Å². The standard InChI is InChI=1S/C23H20N6O3/c1-31-19-4-3-13(9-20(19)32-2)12-25-23(30)22-26-17-10-15-16(11-18(17)27-22)28-29-21(15)14-5-7-24-8-6-14/h3-11,28-29H,12H2,1-2H3,(H,25,30). The van der Waals surface area contributed by atoms with Gasteiger partial charge in [-0.2, -0.15) is 0 Å². The van der Waals surface area contributed by atoms with E-state index in [0.29, 0.717) is 29.1 Å². The second-order valence-electron chi connectivity index (χ2n) is 7.17. The molecule has 9 heteroatoms. The van der Waals surface area contributed by atoms with E-state index in [1.807, 2.05) is 36.4 Å². The summed E-state index contributed by atoms with van der Waals surface area (Å²) in [5.74, 6) is 1.02. The maximum Gasteiger partial charge on any atom is 0.289 e. The largest absolute Gasteiger partial charge is 0.493 e. The number of imidazole rings is 1. The molecule has 9 nitrogen and oxygen atoms in total. The number of ether oxygens (including phenoxy) is 2. The third kappa shape index (κ3) is 3.49. The Bertz CT molecular complexity index is 1420. The number of aromatic nitrogens is 5. The van der Waals surface area contributed by atoms with Gasteiger partial charge in [0.25, 0.3) is 5.91 Å². The Morgan fingerprint density at radius 1 is 0.938 bits per heavy atom. The number of carbonyl (C=O) groups is 1. The first kappa shape index (κ1) is 19.6. The van der Waals surface area contributed by atoms with Crippen LogP contribution in [0.5, 0.6) is 11.5 Å². The average Bonchev–Trinajstić information content (AvgIpc) is 3.44. The smallest absolute Gasteiger partial charge is 0.289 e. The lowest BCUT2D eigenvalue weighted by Gasteiger charge is -2.09. The molecule has 2 aromatic carbocycles. The van der Waals surface area contributed by atoms with Crippen LogP contribution in [0.2, 0.25) is 0 Å². The quantitative estimate of drug-likeness (QED) is 0.381. The molecule has 1 amide bonds. The molecule has 3 aromatic heterocycles. The minimum absolute atomic E-state index is 0.127. The van der Waals surface area contributed by atoms with E-state index in [1.54, 1.807) is 32.7 Å². The molecule has 0 atom stereocenters. The van der Waals surface area contributed by atoms with Gasteiger partial charge in [-0.05, 0) is 42.0 Å². The molecule has 0 aliphatic rings. The first-order valence-electron chi connectivity index (χ1n) is 9.93. The highest BCUT2D eigenvalue weighted by atomic mass is 16.5.